The topological polar surface area (TPSA) is 49.8 Å². The van der Waals surface area contributed by atoms with E-state index in [0.717, 1.165) is 25.9 Å². The molecule has 1 aromatic carbocycles. The van der Waals surface area contributed by atoms with Gasteiger partial charge in [0.2, 0.25) is 0 Å². The molecule has 1 aromatic rings. The van der Waals surface area contributed by atoms with Crippen LogP contribution in [0.3, 0.4) is 0 Å². The third-order valence-corrected chi connectivity index (χ3v) is 4.34. The van der Waals surface area contributed by atoms with E-state index in [0.29, 0.717) is 18.8 Å². The summed E-state index contributed by atoms with van der Waals surface area (Å²) in [5.74, 6) is 0.330. The van der Waals surface area contributed by atoms with Crippen molar-refractivity contribution in [3.8, 4) is 5.75 Å². The molecular weight excluding hydrogens is 254 g/mol. The Morgan fingerprint density at radius 3 is 2.25 bits per heavy atom. The lowest BCUT2D eigenvalue weighted by Crippen LogP contribution is -2.57. The highest BCUT2D eigenvalue weighted by Gasteiger charge is 2.41. The summed E-state index contributed by atoms with van der Waals surface area (Å²) in [5, 5.41) is 9.37. The van der Waals surface area contributed by atoms with Gasteiger partial charge in [0.05, 0.1) is 18.8 Å². The Balaban J connectivity index is 2.30. The van der Waals surface area contributed by atoms with Gasteiger partial charge in [-0.3, -0.25) is 9.69 Å². The van der Waals surface area contributed by atoms with E-state index in [1.807, 2.05) is 0 Å². The number of phenols is 1. The molecule has 1 saturated heterocycles. The molecule has 1 aliphatic heterocycles. The number of carbonyl (C=O) groups excluding carboxylic acids is 1. The van der Waals surface area contributed by atoms with Crippen LogP contribution in [0, 0.1) is 0 Å². The molecule has 4 heteroatoms. The van der Waals surface area contributed by atoms with E-state index >= 15 is 0 Å². The van der Waals surface area contributed by atoms with Crippen LogP contribution in [0.5, 0.6) is 5.75 Å². The molecule has 1 aliphatic rings. The number of nitrogens with zero attached hydrogens (tertiary/aromatic N) is 1. The number of rotatable bonds is 5. The summed E-state index contributed by atoms with van der Waals surface area (Å²) in [7, 11) is 0. The van der Waals surface area contributed by atoms with Crippen molar-refractivity contribution in [3.05, 3.63) is 29.8 Å². The van der Waals surface area contributed by atoms with Crippen LogP contribution in [0.1, 0.15) is 37.0 Å². The number of morpholine rings is 1. The fourth-order valence-electron chi connectivity index (χ4n) is 3.03. The standard InChI is InChI=1S/C16H23NO3/c1-3-16(4-2,17-9-11-20-12-10-17)15(19)13-5-7-14(18)8-6-13/h5-8,18H,3-4,9-12H2,1-2H3. The summed E-state index contributed by atoms with van der Waals surface area (Å²) in [4.78, 5) is 15.2. The zero-order valence-electron chi connectivity index (χ0n) is 12.3. The van der Waals surface area contributed by atoms with Crippen LogP contribution in [0.15, 0.2) is 24.3 Å². The lowest BCUT2D eigenvalue weighted by atomic mass is 9.82. The van der Waals surface area contributed by atoms with E-state index in [-0.39, 0.29) is 11.5 Å². The van der Waals surface area contributed by atoms with E-state index in [1.54, 1.807) is 24.3 Å². The van der Waals surface area contributed by atoms with Gasteiger partial charge in [-0.1, -0.05) is 13.8 Å². The summed E-state index contributed by atoms with van der Waals surface area (Å²) in [5.41, 5.74) is 0.207. The molecule has 0 atom stereocenters. The Morgan fingerprint density at radius 1 is 1.20 bits per heavy atom. The first kappa shape index (κ1) is 15.0. The number of hydrogen-bond donors (Lipinski definition) is 1. The van der Waals surface area contributed by atoms with Gasteiger partial charge in [0.15, 0.2) is 5.78 Å². The third kappa shape index (κ3) is 2.72. The average Bonchev–Trinajstić information content (AvgIpc) is 2.51. The molecule has 4 nitrogen and oxygen atoms in total. The number of phenolic OH excluding ortho intramolecular Hbond substituents is 1. The van der Waals surface area contributed by atoms with Gasteiger partial charge in [-0.15, -0.1) is 0 Å². The molecule has 0 aromatic heterocycles. The van der Waals surface area contributed by atoms with Crippen LogP contribution in [-0.4, -0.2) is 47.6 Å². The van der Waals surface area contributed by atoms with Gasteiger partial charge in [0, 0.05) is 18.7 Å². The summed E-state index contributed by atoms with van der Waals surface area (Å²) in [6.07, 6.45) is 1.56. The first-order chi connectivity index (χ1) is 9.64. The Morgan fingerprint density at radius 2 is 1.75 bits per heavy atom. The number of Topliss-reactive ketones (excluding diaryl/α,β-unsaturated/α-hetero) is 1. The maximum atomic E-state index is 13.0. The van der Waals surface area contributed by atoms with Gasteiger partial charge in [-0.05, 0) is 37.1 Å². The molecule has 20 heavy (non-hydrogen) atoms. The highest BCUT2D eigenvalue weighted by molar-refractivity contribution is 6.03. The lowest BCUT2D eigenvalue weighted by Gasteiger charge is -2.43. The molecule has 1 heterocycles. The Bertz CT molecular complexity index is 445. The molecule has 0 amide bonds. The lowest BCUT2D eigenvalue weighted by molar-refractivity contribution is -0.0175. The van der Waals surface area contributed by atoms with Crippen LogP contribution < -0.4 is 0 Å². The van der Waals surface area contributed by atoms with E-state index in [4.69, 9.17) is 4.74 Å². The Hall–Kier alpha value is -1.39. The van der Waals surface area contributed by atoms with Crippen LogP contribution in [0.2, 0.25) is 0 Å². The molecule has 0 bridgehead atoms. The van der Waals surface area contributed by atoms with Crippen LogP contribution in [0.4, 0.5) is 0 Å². The molecule has 1 N–H and O–H groups in total. The minimum atomic E-state index is -0.458. The van der Waals surface area contributed by atoms with Gasteiger partial charge in [-0.2, -0.15) is 0 Å². The zero-order chi connectivity index (χ0) is 14.6. The van der Waals surface area contributed by atoms with Gasteiger partial charge in [0.25, 0.3) is 0 Å². The molecule has 0 radical (unpaired) electrons. The SMILES string of the molecule is CCC(CC)(C(=O)c1ccc(O)cc1)N1CCOCC1. The molecule has 2 rings (SSSR count). The summed E-state index contributed by atoms with van der Waals surface area (Å²) < 4.78 is 5.40. The zero-order valence-corrected chi connectivity index (χ0v) is 12.3. The molecule has 110 valence electrons. The van der Waals surface area contributed by atoms with Crippen molar-refractivity contribution in [2.45, 2.75) is 32.2 Å². The van der Waals surface area contributed by atoms with Gasteiger partial charge >= 0.3 is 0 Å². The normalized spacial score (nSPS) is 17.1. The second kappa shape index (κ2) is 6.37. The molecule has 0 spiro atoms. The average molecular weight is 277 g/mol. The number of ketones is 1. The van der Waals surface area contributed by atoms with Gasteiger partial charge in [-0.25, -0.2) is 0 Å². The van der Waals surface area contributed by atoms with Crippen LogP contribution in [-0.2, 0) is 4.74 Å². The maximum absolute atomic E-state index is 13.0. The second-order valence-electron chi connectivity index (χ2n) is 5.21. The number of ether oxygens (including phenoxy) is 1. The number of carbonyl (C=O) groups is 1. The predicted molar refractivity (Wildman–Crippen MR) is 78.1 cm³/mol. The highest BCUT2D eigenvalue weighted by atomic mass is 16.5. The highest BCUT2D eigenvalue weighted by Crippen LogP contribution is 2.30. The fraction of sp³-hybridized carbons (Fsp3) is 0.562. The van der Waals surface area contributed by atoms with Crippen LogP contribution >= 0.6 is 0 Å². The monoisotopic (exact) mass is 277 g/mol. The van der Waals surface area contributed by atoms with Crippen molar-refractivity contribution >= 4 is 5.78 Å². The molecular formula is C16H23NO3. The van der Waals surface area contributed by atoms with Crippen molar-refractivity contribution in [3.63, 3.8) is 0 Å². The van der Waals surface area contributed by atoms with E-state index < -0.39 is 5.54 Å². The minimum absolute atomic E-state index is 0.143. The maximum Gasteiger partial charge on any atom is 0.183 e. The predicted octanol–water partition coefficient (Wildman–Crippen LogP) is 2.47. The van der Waals surface area contributed by atoms with Crippen molar-refractivity contribution in [2.75, 3.05) is 26.3 Å². The van der Waals surface area contributed by atoms with Gasteiger partial charge in [0.1, 0.15) is 5.75 Å². The number of aromatic hydroxyl groups is 1. The molecule has 0 aliphatic carbocycles. The van der Waals surface area contributed by atoms with Crippen molar-refractivity contribution < 1.29 is 14.6 Å². The van der Waals surface area contributed by atoms with Crippen molar-refractivity contribution in [2.24, 2.45) is 0 Å². The van der Waals surface area contributed by atoms with Crippen molar-refractivity contribution in [1.29, 1.82) is 0 Å². The quantitative estimate of drug-likeness (QED) is 0.840. The number of hydrogen-bond acceptors (Lipinski definition) is 4. The van der Waals surface area contributed by atoms with E-state index in [2.05, 4.69) is 18.7 Å². The van der Waals surface area contributed by atoms with E-state index in [1.165, 1.54) is 0 Å². The van der Waals surface area contributed by atoms with Crippen molar-refractivity contribution in [1.82, 2.24) is 4.90 Å². The summed E-state index contributed by atoms with van der Waals surface area (Å²) in [6.45, 7) is 7.10. The van der Waals surface area contributed by atoms with E-state index in [9.17, 15) is 9.90 Å². The smallest absolute Gasteiger partial charge is 0.183 e. The Kier molecular flexibility index (Phi) is 4.78. The van der Waals surface area contributed by atoms with Gasteiger partial charge < -0.3 is 9.84 Å². The minimum Gasteiger partial charge on any atom is -0.508 e. The van der Waals surface area contributed by atoms with Crippen LogP contribution in [0.25, 0.3) is 0 Å². The fourth-order valence-corrected chi connectivity index (χ4v) is 3.03. The molecule has 0 unspecified atom stereocenters. The second-order valence-corrected chi connectivity index (χ2v) is 5.21. The largest absolute Gasteiger partial charge is 0.508 e. The first-order valence-electron chi connectivity index (χ1n) is 7.30. The third-order valence-electron chi connectivity index (χ3n) is 4.34. The Labute approximate surface area is 120 Å². The summed E-state index contributed by atoms with van der Waals surface area (Å²) >= 11 is 0. The molecule has 1 fully saturated rings. The molecule has 0 saturated carbocycles. The number of benzene rings is 1. The first-order valence-corrected chi connectivity index (χ1v) is 7.30. The summed E-state index contributed by atoms with van der Waals surface area (Å²) in [6, 6.07) is 6.56.